The van der Waals surface area contributed by atoms with Gasteiger partial charge < -0.3 is 15.2 Å². The Morgan fingerprint density at radius 3 is 2.74 bits per heavy atom. The zero-order chi connectivity index (χ0) is 16.4. The van der Waals surface area contributed by atoms with E-state index in [1.807, 2.05) is 30.3 Å². The molecule has 1 fully saturated rings. The van der Waals surface area contributed by atoms with Gasteiger partial charge in [-0.3, -0.25) is 9.59 Å². The van der Waals surface area contributed by atoms with Crippen molar-refractivity contribution in [2.75, 3.05) is 13.1 Å². The second kappa shape index (κ2) is 6.24. The second-order valence-electron chi connectivity index (χ2n) is 5.82. The molecule has 0 spiro atoms. The minimum atomic E-state index is -0.354. The van der Waals surface area contributed by atoms with Crippen molar-refractivity contribution in [3.8, 4) is 11.3 Å². The third kappa shape index (κ3) is 2.97. The Balaban J connectivity index is 1.91. The number of piperidine rings is 1. The molecule has 2 heterocycles. The molecule has 3 rings (SSSR count). The number of hydrogen-bond donors (Lipinski definition) is 1. The van der Waals surface area contributed by atoms with Crippen molar-refractivity contribution < 1.29 is 14.1 Å². The highest BCUT2D eigenvalue weighted by molar-refractivity contribution is 6.01. The average molecular weight is 313 g/mol. The number of carbonyl (C=O) groups is 2. The van der Waals surface area contributed by atoms with Crippen molar-refractivity contribution in [2.24, 2.45) is 11.7 Å². The maximum Gasteiger partial charge on any atom is 0.259 e. The summed E-state index contributed by atoms with van der Waals surface area (Å²) in [6, 6.07) is 9.45. The van der Waals surface area contributed by atoms with E-state index in [0.717, 1.165) is 18.4 Å². The number of likely N-dealkylation sites (tertiary alicyclic amines) is 1. The lowest BCUT2D eigenvalue weighted by molar-refractivity contribution is -0.123. The molecule has 1 unspecified atom stereocenters. The molecule has 6 heteroatoms. The molecular formula is C17H19N3O3. The van der Waals surface area contributed by atoms with Gasteiger partial charge in [-0.25, -0.2) is 0 Å². The minimum absolute atomic E-state index is 0.159. The molecule has 1 atom stereocenters. The maximum atomic E-state index is 12.9. The first-order valence-electron chi connectivity index (χ1n) is 7.68. The molecule has 23 heavy (non-hydrogen) atoms. The van der Waals surface area contributed by atoms with E-state index in [4.69, 9.17) is 10.3 Å². The van der Waals surface area contributed by atoms with Crippen LogP contribution in [0.4, 0.5) is 0 Å². The summed E-state index contributed by atoms with van der Waals surface area (Å²) in [7, 11) is 0. The first kappa shape index (κ1) is 15.3. The van der Waals surface area contributed by atoms with E-state index in [1.54, 1.807) is 11.8 Å². The Hall–Kier alpha value is -2.63. The highest BCUT2D eigenvalue weighted by Gasteiger charge is 2.31. The Morgan fingerprint density at radius 2 is 2.04 bits per heavy atom. The van der Waals surface area contributed by atoms with E-state index in [1.165, 1.54) is 0 Å². The van der Waals surface area contributed by atoms with Crippen LogP contribution in [0.1, 0.15) is 29.0 Å². The zero-order valence-corrected chi connectivity index (χ0v) is 13.0. The number of rotatable bonds is 3. The predicted molar refractivity (Wildman–Crippen MR) is 84.5 cm³/mol. The molecule has 6 nitrogen and oxygen atoms in total. The summed E-state index contributed by atoms with van der Waals surface area (Å²) in [5, 5.41) is 4.04. The Morgan fingerprint density at radius 1 is 1.30 bits per heavy atom. The first-order chi connectivity index (χ1) is 11.1. The summed E-state index contributed by atoms with van der Waals surface area (Å²) in [6.45, 7) is 2.69. The van der Waals surface area contributed by atoms with Crippen molar-refractivity contribution in [2.45, 2.75) is 19.8 Å². The number of carbonyl (C=O) groups excluding carboxylic acids is 2. The van der Waals surface area contributed by atoms with Gasteiger partial charge in [0.1, 0.15) is 17.0 Å². The summed E-state index contributed by atoms with van der Waals surface area (Å²) in [5.41, 5.74) is 7.22. The highest BCUT2D eigenvalue weighted by atomic mass is 16.5. The van der Waals surface area contributed by atoms with Crippen molar-refractivity contribution >= 4 is 11.8 Å². The van der Waals surface area contributed by atoms with Crippen LogP contribution in [0.15, 0.2) is 34.9 Å². The molecule has 2 N–H and O–H groups in total. The van der Waals surface area contributed by atoms with Crippen LogP contribution >= 0.6 is 0 Å². The van der Waals surface area contributed by atoms with Crippen molar-refractivity contribution in [3.63, 3.8) is 0 Å². The fourth-order valence-electron chi connectivity index (χ4n) is 2.97. The smallest absolute Gasteiger partial charge is 0.259 e. The number of benzene rings is 1. The normalized spacial score (nSPS) is 18.0. The molecule has 2 aromatic rings. The minimum Gasteiger partial charge on any atom is -0.369 e. The van der Waals surface area contributed by atoms with Gasteiger partial charge >= 0.3 is 0 Å². The van der Waals surface area contributed by atoms with Crippen LogP contribution in [0.25, 0.3) is 11.3 Å². The summed E-state index contributed by atoms with van der Waals surface area (Å²) < 4.78 is 5.25. The fraction of sp³-hybridized carbons (Fsp3) is 0.353. The number of amides is 2. The number of aromatic nitrogens is 1. The van der Waals surface area contributed by atoms with Gasteiger partial charge in [0.25, 0.3) is 5.91 Å². The molecule has 2 amide bonds. The zero-order valence-electron chi connectivity index (χ0n) is 13.0. The monoisotopic (exact) mass is 313 g/mol. The highest BCUT2D eigenvalue weighted by Crippen LogP contribution is 2.28. The van der Waals surface area contributed by atoms with Gasteiger partial charge in [0.15, 0.2) is 0 Å². The van der Waals surface area contributed by atoms with Crippen LogP contribution in [0.2, 0.25) is 0 Å². The number of nitrogens with zero attached hydrogens (tertiary/aromatic N) is 2. The van der Waals surface area contributed by atoms with Crippen LogP contribution in [0, 0.1) is 12.8 Å². The Bertz CT molecular complexity index is 724. The molecule has 0 saturated carbocycles. The maximum absolute atomic E-state index is 12.9. The van der Waals surface area contributed by atoms with Crippen molar-refractivity contribution in [1.29, 1.82) is 0 Å². The second-order valence-corrected chi connectivity index (χ2v) is 5.82. The molecule has 1 aromatic carbocycles. The van der Waals surface area contributed by atoms with Gasteiger partial charge in [0.05, 0.1) is 5.92 Å². The van der Waals surface area contributed by atoms with Crippen molar-refractivity contribution in [3.05, 3.63) is 41.7 Å². The van der Waals surface area contributed by atoms with Crippen LogP contribution in [-0.4, -0.2) is 35.0 Å². The number of hydrogen-bond acceptors (Lipinski definition) is 4. The molecular weight excluding hydrogens is 294 g/mol. The van der Waals surface area contributed by atoms with Crippen LogP contribution in [-0.2, 0) is 4.79 Å². The molecule has 120 valence electrons. The lowest BCUT2D eigenvalue weighted by Gasteiger charge is -2.31. The molecule has 0 radical (unpaired) electrons. The van der Waals surface area contributed by atoms with E-state index in [-0.39, 0.29) is 17.7 Å². The third-order valence-electron chi connectivity index (χ3n) is 4.23. The summed E-state index contributed by atoms with van der Waals surface area (Å²) in [6.07, 6.45) is 1.50. The predicted octanol–water partition coefficient (Wildman–Crippen LogP) is 1.99. The molecule has 1 aliphatic heterocycles. The lowest BCUT2D eigenvalue weighted by Crippen LogP contribution is -2.44. The summed E-state index contributed by atoms with van der Waals surface area (Å²) >= 11 is 0. The standard InChI is InChI=1S/C17H19N3O3/c1-11-14(15(19-23-11)12-6-3-2-4-7-12)17(22)20-9-5-8-13(10-20)16(18)21/h2-4,6-7,13H,5,8-10H2,1H3,(H2,18,21). The van der Waals surface area contributed by atoms with Gasteiger partial charge in [0.2, 0.25) is 5.91 Å². The first-order valence-corrected chi connectivity index (χ1v) is 7.68. The number of primary amides is 1. The Labute approximate surface area is 134 Å². The molecule has 1 aromatic heterocycles. The quantitative estimate of drug-likeness (QED) is 0.938. The van der Waals surface area contributed by atoms with Crippen LogP contribution < -0.4 is 5.73 Å². The van der Waals surface area contributed by atoms with E-state index in [2.05, 4.69) is 5.16 Å². The Kier molecular flexibility index (Phi) is 4.14. The molecule has 1 saturated heterocycles. The van der Waals surface area contributed by atoms with Crippen LogP contribution in [0.5, 0.6) is 0 Å². The lowest BCUT2D eigenvalue weighted by atomic mass is 9.96. The van der Waals surface area contributed by atoms with E-state index in [0.29, 0.717) is 30.1 Å². The summed E-state index contributed by atoms with van der Waals surface area (Å²) in [5.74, 6) is -0.315. The largest absolute Gasteiger partial charge is 0.369 e. The van der Waals surface area contributed by atoms with Crippen molar-refractivity contribution in [1.82, 2.24) is 10.1 Å². The van der Waals surface area contributed by atoms with Crippen LogP contribution in [0.3, 0.4) is 0 Å². The van der Waals surface area contributed by atoms with E-state index >= 15 is 0 Å². The van der Waals surface area contributed by atoms with Gasteiger partial charge in [-0.2, -0.15) is 0 Å². The third-order valence-corrected chi connectivity index (χ3v) is 4.23. The van der Waals surface area contributed by atoms with E-state index in [9.17, 15) is 9.59 Å². The molecule has 0 aliphatic carbocycles. The molecule has 1 aliphatic rings. The van der Waals surface area contributed by atoms with E-state index < -0.39 is 0 Å². The average Bonchev–Trinajstić information content (AvgIpc) is 2.96. The van der Waals surface area contributed by atoms with Gasteiger partial charge in [-0.05, 0) is 19.8 Å². The summed E-state index contributed by atoms with van der Waals surface area (Å²) in [4.78, 5) is 26.0. The number of aryl methyl sites for hydroxylation is 1. The molecule has 0 bridgehead atoms. The topological polar surface area (TPSA) is 89.4 Å². The SMILES string of the molecule is Cc1onc(-c2ccccc2)c1C(=O)N1CCCC(C(N)=O)C1. The van der Waals surface area contributed by atoms with Gasteiger partial charge in [0, 0.05) is 18.7 Å². The van der Waals surface area contributed by atoms with Gasteiger partial charge in [-0.15, -0.1) is 0 Å². The number of nitrogens with two attached hydrogens (primary N) is 1. The van der Waals surface area contributed by atoms with Gasteiger partial charge in [-0.1, -0.05) is 35.5 Å². The fourth-order valence-corrected chi connectivity index (χ4v) is 2.97.